The zero-order valence-electron chi connectivity index (χ0n) is 18.6. The first-order chi connectivity index (χ1) is 13.8. The number of aryl methyl sites for hydroxylation is 1. The van der Waals surface area contributed by atoms with Crippen LogP contribution < -0.4 is 5.32 Å². The van der Waals surface area contributed by atoms with Crippen molar-refractivity contribution in [3.63, 3.8) is 0 Å². The van der Waals surface area contributed by atoms with Gasteiger partial charge in [0, 0.05) is 17.5 Å². The molecule has 1 aromatic heterocycles. The average molecular weight is 453 g/mol. The Kier molecular flexibility index (Phi) is 7.59. The number of nitrogens with zero attached hydrogens (tertiary/aromatic N) is 3. The maximum Gasteiger partial charge on any atom is 0.256 e. The predicted octanol–water partition coefficient (Wildman–Crippen LogP) is 4.77. The summed E-state index contributed by atoms with van der Waals surface area (Å²) < 4.78 is 1.74. The number of hydrogen-bond acceptors (Lipinski definition) is 3. The lowest BCUT2D eigenvalue weighted by molar-refractivity contribution is -0.134. The van der Waals surface area contributed by atoms with E-state index in [1.54, 1.807) is 18.5 Å². The molecule has 2 amide bonds. The maximum atomic E-state index is 12.8. The molecule has 1 N–H and O–H groups in total. The van der Waals surface area contributed by atoms with Crippen LogP contribution in [0.1, 0.15) is 51.4 Å². The normalized spacial score (nSPS) is 11.8. The maximum absolute atomic E-state index is 12.8. The Balaban J connectivity index is 2.41. The minimum Gasteiger partial charge on any atom is -0.329 e. The molecule has 0 saturated carbocycles. The molecule has 30 heavy (non-hydrogen) atoms. The topological polar surface area (TPSA) is 67.2 Å². The van der Waals surface area contributed by atoms with Crippen LogP contribution in [0, 0.1) is 13.8 Å². The third kappa shape index (κ3) is 5.55. The Morgan fingerprint density at radius 3 is 2.37 bits per heavy atom. The molecule has 0 radical (unpaired) electrons. The fourth-order valence-corrected chi connectivity index (χ4v) is 3.21. The fourth-order valence-electron chi connectivity index (χ4n) is 2.96. The highest BCUT2D eigenvalue weighted by Crippen LogP contribution is 2.28. The highest BCUT2D eigenvalue weighted by Gasteiger charge is 2.26. The quantitative estimate of drug-likeness (QED) is 0.641. The van der Waals surface area contributed by atoms with E-state index in [2.05, 4.69) is 26.1 Å². The fraction of sp³-hybridized carbons (Fsp3) is 0.500. The molecule has 0 aliphatic rings. The number of aromatic nitrogens is 2. The van der Waals surface area contributed by atoms with Crippen molar-refractivity contribution in [1.29, 1.82) is 0 Å². The van der Waals surface area contributed by atoms with Crippen molar-refractivity contribution in [2.24, 2.45) is 0 Å². The van der Waals surface area contributed by atoms with Crippen LogP contribution in [0.15, 0.2) is 24.3 Å². The molecule has 164 valence electrons. The van der Waals surface area contributed by atoms with Gasteiger partial charge in [0.15, 0.2) is 4.84 Å². The van der Waals surface area contributed by atoms with Crippen LogP contribution in [0.5, 0.6) is 0 Å². The number of amides is 2. The molecular weight excluding hydrogens is 423 g/mol. The molecular formula is C22H30Cl2N4O2. The molecule has 0 bridgehead atoms. The summed E-state index contributed by atoms with van der Waals surface area (Å²) in [5, 5.41) is 7.67. The average Bonchev–Trinajstić information content (AvgIpc) is 3.05. The van der Waals surface area contributed by atoms with Crippen LogP contribution in [0.25, 0.3) is 5.69 Å². The summed E-state index contributed by atoms with van der Waals surface area (Å²) in [6, 6.07) is 7.60. The highest BCUT2D eigenvalue weighted by molar-refractivity contribution is 6.53. The van der Waals surface area contributed by atoms with E-state index in [9.17, 15) is 9.59 Å². The molecule has 2 rings (SSSR count). The number of carbonyl (C=O) groups is 2. The predicted molar refractivity (Wildman–Crippen MR) is 123 cm³/mol. The largest absolute Gasteiger partial charge is 0.329 e. The number of alkyl halides is 2. The van der Waals surface area contributed by atoms with E-state index in [-0.39, 0.29) is 23.9 Å². The number of hydrogen-bond donors (Lipinski definition) is 1. The first-order valence-corrected chi connectivity index (χ1v) is 10.8. The van der Waals surface area contributed by atoms with Gasteiger partial charge in [0.05, 0.1) is 11.4 Å². The third-order valence-corrected chi connectivity index (χ3v) is 5.33. The lowest BCUT2D eigenvalue weighted by Crippen LogP contribution is -2.44. The molecule has 1 heterocycles. The number of rotatable bonds is 6. The summed E-state index contributed by atoms with van der Waals surface area (Å²) in [5.41, 5.74) is 3.73. The summed E-state index contributed by atoms with van der Waals surface area (Å²) in [7, 11) is 0. The smallest absolute Gasteiger partial charge is 0.256 e. The van der Waals surface area contributed by atoms with E-state index in [1.165, 1.54) is 4.90 Å². The Morgan fingerprint density at radius 1 is 1.20 bits per heavy atom. The van der Waals surface area contributed by atoms with Gasteiger partial charge in [-0.25, -0.2) is 4.68 Å². The van der Waals surface area contributed by atoms with Gasteiger partial charge in [-0.3, -0.25) is 9.59 Å². The van der Waals surface area contributed by atoms with Crippen LogP contribution in [0.4, 0.5) is 5.82 Å². The summed E-state index contributed by atoms with van der Waals surface area (Å²) >= 11 is 11.5. The van der Waals surface area contributed by atoms with Gasteiger partial charge in [-0.15, -0.1) is 0 Å². The van der Waals surface area contributed by atoms with Crippen LogP contribution in [0.2, 0.25) is 0 Å². The second-order valence-corrected chi connectivity index (χ2v) is 9.80. The Bertz CT molecular complexity index is 930. The minimum absolute atomic E-state index is 0.157. The number of carbonyl (C=O) groups excluding carboxylic acids is 2. The van der Waals surface area contributed by atoms with Crippen molar-refractivity contribution in [2.45, 2.75) is 64.8 Å². The van der Waals surface area contributed by atoms with E-state index in [4.69, 9.17) is 28.3 Å². The number of halogens is 2. The molecule has 0 fully saturated rings. The van der Waals surface area contributed by atoms with Crippen LogP contribution in [-0.2, 0) is 15.0 Å². The Labute approximate surface area is 188 Å². The Hall–Kier alpha value is -2.05. The lowest BCUT2D eigenvalue weighted by atomic mass is 9.92. The van der Waals surface area contributed by atoms with Crippen molar-refractivity contribution in [3.8, 4) is 5.69 Å². The highest BCUT2D eigenvalue weighted by atomic mass is 35.5. The van der Waals surface area contributed by atoms with Crippen LogP contribution >= 0.6 is 23.2 Å². The SMILES string of the molecule is Cc1cccc(-n2nc(C(C)(C)C)cc2NC(=O)CN(C(=O)C(Cl)Cl)C(C)C)c1C. The van der Waals surface area contributed by atoms with Crippen molar-refractivity contribution in [2.75, 3.05) is 11.9 Å². The molecule has 0 unspecified atom stereocenters. The second-order valence-electron chi connectivity index (χ2n) is 8.70. The molecule has 0 atom stereocenters. The van der Waals surface area contributed by atoms with Gasteiger partial charge in [0.2, 0.25) is 5.91 Å². The molecule has 0 saturated heterocycles. The first kappa shape index (κ1) is 24.2. The Morgan fingerprint density at radius 2 is 1.83 bits per heavy atom. The molecule has 6 nitrogen and oxygen atoms in total. The first-order valence-electron chi connectivity index (χ1n) is 9.88. The van der Waals surface area contributed by atoms with Crippen LogP contribution in [0.3, 0.4) is 0 Å². The number of nitrogens with one attached hydrogen (secondary N) is 1. The van der Waals surface area contributed by atoms with E-state index in [0.717, 1.165) is 22.5 Å². The molecule has 8 heteroatoms. The van der Waals surface area contributed by atoms with E-state index >= 15 is 0 Å². The standard InChI is InChI=1S/C22H30Cl2N4O2/c1-13(2)27(21(30)20(23)24)12-19(29)25-18-11-17(22(5,6)7)26-28(18)16-10-8-9-14(3)15(16)4/h8-11,13,20H,12H2,1-7H3,(H,25,29). The van der Waals surface area contributed by atoms with Crippen molar-refractivity contribution < 1.29 is 9.59 Å². The number of benzene rings is 1. The summed E-state index contributed by atoms with van der Waals surface area (Å²) in [4.78, 5) is 25.2. The van der Waals surface area contributed by atoms with E-state index < -0.39 is 10.7 Å². The number of anilines is 1. The molecule has 0 spiro atoms. The van der Waals surface area contributed by atoms with Gasteiger partial charge >= 0.3 is 0 Å². The molecule has 1 aromatic carbocycles. The zero-order chi connectivity index (χ0) is 22.8. The molecule has 2 aromatic rings. The van der Waals surface area contributed by atoms with Gasteiger partial charge in [-0.2, -0.15) is 5.10 Å². The lowest BCUT2D eigenvalue weighted by Gasteiger charge is -2.26. The van der Waals surface area contributed by atoms with Gasteiger partial charge in [0.25, 0.3) is 5.91 Å². The third-order valence-electron chi connectivity index (χ3n) is 4.96. The second kappa shape index (κ2) is 9.40. The van der Waals surface area contributed by atoms with E-state index in [1.807, 2.05) is 38.1 Å². The summed E-state index contributed by atoms with van der Waals surface area (Å²) in [5.74, 6) is -0.303. The van der Waals surface area contributed by atoms with Crippen molar-refractivity contribution in [1.82, 2.24) is 14.7 Å². The monoisotopic (exact) mass is 452 g/mol. The van der Waals surface area contributed by atoms with Gasteiger partial charge in [0.1, 0.15) is 12.4 Å². The molecule has 0 aliphatic carbocycles. The zero-order valence-corrected chi connectivity index (χ0v) is 20.1. The van der Waals surface area contributed by atoms with E-state index in [0.29, 0.717) is 5.82 Å². The van der Waals surface area contributed by atoms with Crippen LogP contribution in [-0.4, -0.2) is 43.9 Å². The van der Waals surface area contributed by atoms with Gasteiger partial charge in [-0.1, -0.05) is 56.1 Å². The van der Waals surface area contributed by atoms with Crippen molar-refractivity contribution >= 4 is 40.8 Å². The minimum atomic E-state index is -1.21. The van der Waals surface area contributed by atoms with Crippen molar-refractivity contribution in [3.05, 3.63) is 41.1 Å². The van der Waals surface area contributed by atoms with Gasteiger partial charge < -0.3 is 10.2 Å². The summed E-state index contributed by atoms with van der Waals surface area (Å²) in [6.45, 7) is 13.7. The molecule has 0 aliphatic heterocycles. The van der Waals surface area contributed by atoms with Gasteiger partial charge in [-0.05, 0) is 44.9 Å². The summed E-state index contributed by atoms with van der Waals surface area (Å²) in [6.07, 6.45) is 0.